The number of hydrogen-bond acceptors (Lipinski definition) is 3. The maximum atomic E-state index is 5.79. The molecule has 3 heteroatoms. The van der Waals surface area contributed by atoms with Crippen molar-refractivity contribution in [2.75, 3.05) is 33.4 Å². The molecule has 0 saturated carbocycles. The van der Waals surface area contributed by atoms with E-state index in [0.29, 0.717) is 0 Å². The quantitative estimate of drug-likeness (QED) is 0.639. The molecule has 0 bridgehead atoms. The highest BCUT2D eigenvalue weighted by Crippen LogP contribution is 2.25. The summed E-state index contributed by atoms with van der Waals surface area (Å²) in [5, 5.41) is 0. The molecule has 1 aliphatic rings. The zero-order chi connectivity index (χ0) is 14.8. The van der Waals surface area contributed by atoms with Gasteiger partial charge in [-0.15, -0.1) is 0 Å². The monoisotopic (exact) mass is 291 g/mol. The smallest absolute Gasteiger partial charge is 0.161 e. The van der Waals surface area contributed by atoms with Gasteiger partial charge in [-0.3, -0.25) is 0 Å². The number of rotatable bonds is 9. The minimum atomic E-state index is 0.782. The number of likely N-dealkylation sites (tertiary alicyclic amines) is 1. The van der Waals surface area contributed by atoms with Crippen LogP contribution < -0.4 is 9.47 Å². The molecule has 1 aromatic carbocycles. The van der Waals surface area contributed by atoms with Crippen molar-refractivity contribution in [1.82, 2.24) is 4.90 Å². The molecular weight excluding hydrogens is 262 g/mol. The Morgan fingerprint density at radius 3 is 2.38 bits per heavy atom. The van der Waals surface area contributed by atoms with Crippen LogP contribution in [0.25, 0.3) is 0 Å². The highest BCUT2D eigenvalue weighted by Gasteiger charge is 2.08. The van der Waals surface area contributed by atoms with Crippen LogP contribution in [0.3, 0.4) is 0 Å². The summed E-state index contributed by atoms with van der Waals surface area (Å²) >= 11 is 0. The molecule has 118 valence electrons. The van der Waals surface area contributed by atoms with Gasteiger partial charge in [-0.25, -0.2) is 0 Å². The van der Waals surface area contributed by atoms with Crippen LogP contribution in [0.5, 0.6) is 11.5 Å². The Bertz CT molecular complexity index is 389. The van der Waals surface area contributed by atoms with Gasteiger partial charge >= 0.3 is 0 Å². The van der Waals surface area contributed by atoms with Crippen molar-refractivity contribution in [3.05, 3.63) is 24.3 Å². The third-order valence-electron chi connectivity index (χ3n) is 4.14. The molecule has 3 nitrogen and oxygen atoms in total. The van der Waals surface area contributed by atoms with Crippen molar-refractivity contribution in [2.45, 2.75) is 44.9 Å². The number of ether oxygens (including phenoxy) is 2. The van der Waals surface area contributed by atoms with Crippen molar-refractivity contribution in [1.29, 1.82) is 0 Å². The second kappa shape index (κ2) is 9.67. The number of unbranched alkanes of at least 4 members (excludes halogenated alkanes) is 3. The molecule has 0 radical (unpaired) electrons. The Kier molecular flexibility index (Phi) is 7.44. The fraction of sp³-hybridized carbons (Fsp3) is 0.667. The largest absolute Gasteiger partial charge is 0.493 e. The highest BCUT2D eigenvalue weighted by atomic mass is 16.5. The van der Waals surface area contributed by atoms with Gasteiger partial charge in [0.15, 0.2) is 11.5 Å². The predicted octanol–water partition coefficient (Wildman–Crippen LogP) is 4.12. The van der Waals surface area contributed by atoms with E-state index in [-0.39, 0.29) is 0 Å². The molecule has 1 saturated heterocycles. The van der Waals surface area contributed by atoms with Gasteiger partial charge in [-0.2, -0.15) is 0 Å². The Morgan fingerprint density at radius 2 is 1.62 bits per heavy atom. The standard InChI is InChI=1S/C18H29NO2/c1-20-17-11-5-6-12-18(17)21-16-10-3-2-7-13-19-14-8-4-9-15-19/h5-6,11-12H,2-4,7-10,13-16H2,1H3. The Morgan fingerprint density at radius 1 is 0.905 bits per heavy atom. The van der Waals surface area contributed by atoms with Gasteiger partial charge in [0.1, 0.15) is 0 Å². The molecule has 1 heterocycles. The third-order valence-corrected chi connectivity index (χ3v) is 4.14. The molecular formula is C18H29NO2. The molecule has 1 aromatic rings. The first-order chi connectivity index (χ1) is 10.4. The Balaban J connectivity index is 1.50. The molecule has 0 N–H and O–H groups in total. The van der Waals surface area contributed by atoms with Gasteiger partial charge < -0.3 is 14.4 Å². The third kappa shape index (κ3) is 5.96. The van der Waals surface area contributed by atoms with Crippen molar-refractivity contribution in [2.24, 2.45) is 0 Å². The van der Waals surface area contributed by atoms with Crippen LogP contribution in [0.2, 0.25) is 0 Å². The van der Waals surface area contributed by atoms with E-state index in [2.05, 4.69) is 4.90 Å². The molecule has 2 rings (SSSR count). The summed E-state index contributed by atoms with van der Waals surface area (Å²) < 4.78 is 11.1. The van der Waals surface area contributed by atoms with E-state index in [9.17, 15) is 0 Å². The minimum Gasteiger partial charge on any atom is -0.493 e. The van der Waals surface area contributed by atoms with Crippen LogP contribution in [-0.2, 0) is 0 Å². The number of hydrogen-bond donors (Lipinski definition) is 0. The van der Waals surface area contributed by atoms with Crippen molar-refractivity contribution in [3.63, 3.8) is 0 Å². The van der Waals surface area contributed by atoms with Gasteiger partial charge in [-0.1, -0.05) is 31.4 Å². The van der Waals surface area contributed by atoms with E-state index in [1.54, 1.807) is 7.11 Å². The molecule has 1 aliphatic heterocycles. The first kappa shape index (κ1) is 16.2. The fourth-order valence-electron chi connectivity index (χ4n) is 2.89. The average Bonchev–Trinajstić information content (AvgIpc) is 2.55. The summed E-state index contributed by atoms with van der Waals surface area (Å²) in [5.74, 6) is 1.68. The molecule has 0 aromatic heterocycles. The summed E-state index contributed by atoms with van der Waals surface area (Å²) in [6.45, 7) is 4.70. The van der Waals surface area contributed by atoms with Crippen LogP contribution in [-0.4, -0.2) is 38.3 Å². The van der Waals surface area contributed by atoms with E-state index in [1.807, 2.05) is 24.3 Å². The van der Waals surface area contributed by atoms with Gasteiger partial charge in [0.05, 0.1) is 13.7 Å². The van der Waals surface area contributed by atoms with Gasteiger partial charge in [0, 0.05) is 0 Å². The molecule has 0 atom stereocenters. The maximum Gasteiger partial charge on any atom is 0.161 e. The van der Waals surface area contributed by atoms with Gasteiger partial charge in [0.25, 0.3) is 0 Å². The van der Waals surface area contributed by atoms with Crippen molar-refractivity contribution in [3.8, 4) is 11.5 Å². The average molecular weight is 291 g/mol. The van der Waals surface area contributed by atoms with Crippen LogP contribution in [0.4, 0.5) is 0 Å². The van der Waals surface area contributed by atoms with E-state index < -0.39 is 0 Å². The van der Waals surface area contributed by atoms with Gasteiger partial charge in [-0.05, 0) is 57.5 Å². The lowest BCUT2D eigenvalue weighted by Gasteiger charge is -2.26. The highest BCUT2D eigenvalue weighted by molar-refractivity contribution is 5.39. The van der Waals surface area contributed by atoms with Crippen LogP contribution in [0.1, 0.15) is 44.9 Å². The molecule has 0 aliphatic carbocycles. The van der Waals surface area contributed by atoms with E-state index in [4.69, 9.17) is 9.47 Å². The zero-order valence-electron chi connectivity index (χ0n) is 13.4. The summed E-state index contributed by atoms with van der Waals surface area (Å²) in [6, 6.07) is 7.85. The molecule has 21 heavy (non-hydrogen) atoms. The normalized spacial score (nSPS) is 15.9. The Hall–Kier alpha value is -1.22. The molecule has 0 amide bonds. The summed E-state index contributed by atoms with van der Waals surface area (Å²) in [7, 11) is 1.68. The number of methoxy groups -OCH3 is 1. The fourth-order valence-corrected chi connectivity index (χ4v) is 2.89. The van der Waals surface area contributed by atoms with E-state index in [1.165, 1.54) is 58.2 Å². The lowest BCUT2D eigenvalue weighted by Crippen LogP contribution is -2.30. The second-order valence-corrected chi connectivity index (χ2v) is 5.82. The lowest BCUT2D eigenvalue weighted by atomic mass is 10.1. The number of para-hydroxylation sites is 2. The van der Waals surface area contributed by atoms with Gasteiger partial charge in [0.2, 0.25) is 0 Å². The predicted molar refractivity (Wildman–Crippen MR) is 87.2 cm³/mol. The molecule has 1 fully saturated rings. The van der Waals surface area contributed by atoms with E-state index in [0.717, 1.165) is 24.5 Å². The van der Waals surface area contributed by atoms with Crippen molar-refractivity contribution < 1.29 is 9.47 Å². The number of benzene rings is 1. The van der Waals surface area contributed by atoms with Crippen LogP contribution in [0, 0.1) is 0 Å². The number of piperidine rings is 1. The lowest BCUT2D eigenvalue weighted by molar-refractivity contribution is 0.222. The second-order valence-electron chi connectivity index (χ2n) is 5.82. The van der Waals surface area contributed by atoms with Crippen molar-refractivity contribution >= 4 is 0 Å². The molecule has 0 unspecified atom stereocenters. The summed E-state index contributed by atoms with van der Waals surface area (Å²) in [6.07, 6.45) is 9.23. The molecule has 0 spiro atoms. The summed E-state index contributed by atoms with van der Waals surface area (Å²) in [4.78, 5) is 2.62. The summed E-state index contributed by atoms with van der Waals surface area (Å²) in [5.41, 5.74) is 0. The van der Waals surface area contributed by atoms with Crippen LogP contribution in [0.15, 0.2) is 24.3 Å². The van der Waals surface area contributed by atoms with E-state index >= 15 is 0 Å². The maximum absolute atomic E-state index is 5.79. The van der Waals surface area contributed by atoms with Crippen LogP contribution >= 0.6 is 0 Å². The first-order valence-electron chi connectivity index (χ1n) is 8.38. The first-order valence-corrected chi connectivity index (χ1v) is 8.38. The SMILES string of the molecule is COc1ccccc1OCCCCCCN1CCCCC1. The topological polar surface area (TPSA) is 21.7 Å². The minimum absolute atomic E-state index is 0.782. The zero-order valence-corrected chi connectivity index (χ0v) is 13.4. The Labute approximate surface area is 129 Å². The number of nitrogens with zero attached hydrogens (tertiary/aromatic N) is 1.